The van der Waals surface area contributed by atoms with E-state index in [2.05, 4.69) is 49.0 Å². The van der Waals surface area contributed by atoms with E-state index in [-0.39, 0.29) is 158 Å². The van der Waals surface area contributed by atoms with Gasteiger partial charge in [0.05, 0.1) is 0 Å². The second-order valence-electron chi connectivity index (χ2n) is 2.77. The van der Waals surface area contributed by atoms with Crippen LogP contribution < -0.4 is 154 Å². The molecule has 2 aromatic rings. The Balaban J connectivity index is -0.0000000939. The maximum absolute atomic E-state index is 3.78. The summed E-state index contributed by atoms with van der Waals surface area (Å²) in [7, 11) is 0. The number of fused-ring (bicyclic) bond motifs is 1. The first-order valence-electron chi connectivity index (χ1n) is 4.02. The molecule has 0 spiro atoms. The van der Waals surface area contributed by atoms with Gasteiger partial charge < -0.3 is 4.28 Å². The van der Waals surface area contributed by atoms with Crippen molar-refractivity contribution in [2.45, 2.75) is 0 Å². The molecule has 0 nitrogen and oxygen atoms in total. The zero-order valence-electron chi connectivity index (χ0n) is 12.8. The number of hydrogen-bond acceptors (Lipinski definition) is 0. The molecule has 0 bridgehead atoms. The van der Waals surface area contributed by atoms with Crippen LogP contribution in [0.15, 0.2) is 49.0 Å². The predicted molar refractivity (Wildman–Crippen MR) is 57.4 cm³/mol. The van der Waals surface area contributed by atoms with E-state index in [9.17, 15) is 0 Å². The monoisotopic (exact) mass is 274 g/mol. The van der Waals surface area contributed by atoms with Crippen LogP contribution in [0.3, 0.4) is 0 Å². The van der Waals surface area contributed by atoms with E-state index in [0.29, 0.717) is 0 Å². The SMILES string of the molecule is C=Cc1cccc2ccccc12.[H-].[H-].[H-].[K+].[K+].[K+]. The van der Waals surface area contributed by atoms with Gasteiger partial charge in [0, 0.05) is 0 Å². The molecule has 0 saturated carbocycles. The van der Waals surface area contributed by atoms with Gasteiger partial charge in [-0.3, -0.25) is 0 Å². The first kappa shape index (κ1) is 20.7. The third-order valence-corrected chi connectivity index (χ3v) is 2.04. The molecule has 2 rings (SSSR count). The fourth-order valence-electron chi connectivity index (χ4n) is 1.43. The zero-order valence-corrected chi connectivity index (χ0v) is 19.2. The molecule has 3 heteroatoms. The molecule has 0 aliphatic rings. The maximum atomic E-state index is 3.78. The van der Waals surface area contributed by atoms with Crippen LogP contribution >= 0.6 is 0 Å². The molecule has 0 atom stereocenters. The molecule has 0 radical (unpaired) electrons. The van der Waals surface area contributed by atoms with E-state index in [0.717, 1.165) is 0 Å². The van der Waals surface area contributed by atoms with Crippen molar-refractivity contribution in [3.8, 4) is 0 Å². The Morgan fingerprint density at radius 1 is 0.867 bits per heavy atom. The van der Waals surface area contributed by atoms with Crippen molar-refractivity contribution in [3.63, 3.8) is 0 Å². The molecule has 0 fully saturated rings. The first-order valence-corrected chi connectivity index (χ1v) is 4.02. The predicted octanol–water partition coefficient (Wildman–Crippen LogP) is -5.17. The fourth-order valence-corrected chi connectivity index (χ4v) is 1.43. The second-order valence-corrected chi connectivity index (χ2v) is 2.77. The van der Waals surface area contributed by atoms with Gasteiger partial charge in [-0.2, -0.15) is 0 Å². The van der Waals surface area contributed by atoms with Crippen LogP contribution in [0.25, 0.3) is 16.8 Å². The molecular weight excluding hydrogens is 261 g/mol. The zero-order chi connectivity index (χ0) is 8.39. The molecule has 2 aromatic carbocycles. The first-order chi connectivity index (χ1) is 5.92. The van der Waals surface area contributed by atoms with Gasteiger partial charge in [0.2, 0.25) is 0 Å². The van der Waals surface area contributed by atoms with Crippen LogP contribution in [-0.2, 0) is 0 Å². The van der Waals surface area contributed by atoms with Gasteiger partial charge in [-0.25, -0.2) is 0 Å². The molecule has 0 aliphatic heterocycles. The van der Waals surface area contributed by atoms with Gasteiger partial charge in [-0.1, -0.05) is 55.1 Å². The number of rotatable bonds is 1. The van der Waals surface area contributed by atoms with Gasteiger partial charge >= 0.3 is 154 Å². The summed E-state index contributed by atoms with van der Waals surface area (Å²) in [6, 6.07) is 14.6. The van der Waals surface area contributed by atoms with Crippen LogP contribution in [0.2, 0.25) is 0 Å². The summed E-state index contributed by atoms with van der Waals surface area (Å²) in [5.74, 6) is 0. The van der Waals surface area contributed by atoms with Crippen molar-refractivity contribution in [3.05, 3.63) is 54.6 Å². The van der Waals surface area contributed by atoms with E-state index in [4.69, 9.17) is 0 Å². The Kier molecular flexibility index (Phi) is 15.4. The second kappa shape index (κ2) is 11.2. The third kappa shape index (κ3) is 5.89. The standard InChI is InChI=1S/C12H10.3K.3H/c1-2-10-7-5-8-11-6-3-4-9-12(10)11;;;;;;/h2-9H,1H2;;;;;;/q;3*+1;3*-1. The van der Waals surface area contributed by atoms with Crippen LogP contribution in [0.1, 0.15) is 9.84 Å². The normalized spacial score (nSPS) is 8.00. The van der Waals surface area contributed by atoms with E-state index < -0.39 is 0 Å². The van der Waals surface area contributed by atoms with Gasteiger partial charge in [-0.15, -0.1) is 0 Å². The van der Waals surface area contributed by atoms with E-state index in [1.54, 1.807) is 0 Å². The molecular formula is C12H13K3. The van der Waals surface area contributed by atoms with E-state index in [1.807, 2.05) is 6.08 Å². The minimum absolute atomic E-state index is 0. The summed E-state index contributed by atoms with van der Waals surface area (Å²) in [5, 5.41) is 2.55. The average Bonchev–Trinajstić information content (AvgIpc) is 2.17. The molecule has 0 saturated heterocycles. The van der Waals surface area contributed by atoms with Gasteiger partial charge in [-0.05, 0) is 16.3 Å². The Morgan fingerprint density at radius 3 is 2.13 bits per heavy atom. The van der Waals surface area contributed by atoms with Crippen molar-refractivity contribution in [1.82, 2.24) is 0 Å². The van der Waals surface area contributed by atoms with Gasteiger partial charge in [0.15, 0.2) is 0 Å². The van der Waals surface area contributed by atoms with Crippen molar-refractivity contribution in [2.75, 3.05) is 0 Å². The summed E-state index contributed by atoms with van der Waals surface area (Å²) in [6.45, 7) is 3.78. The molecule has 15 heavy (non-hydrogen) atoms. The average molecular weight is 275 g/mol. The minimum atomic E-state index is 0. The summed E-state index contributed by atoms with van der Waals surface area (Å²) < 4.78 is 0. The quantitative estimate of drug-likeness (QED) is 0.456. The molecule has 0 unspecified atom stereocenters. The summed E-state index contributed by atoms with van der Waals surface area (Å²) in [6.07, 6.45) is 1.89. The van der Waals surface area contributed by atoms with Crippen LogP contribution in [-0.4, -0.2) is 0 Å². The summed E-state index contributed by atoms with van der Waals surface area (Å²) in [4.78, 5) is 0. The van der Waals surface area contributed by atoms with E-state index >= 15 is 0 Å². The van der Waals surface area contributed by atoms with Gasteiger partial charge in [0.25, 0.3) is 0 Å². The molecule has 64 valence electrons. The Bertz CT molecular complexity index is 430. The van der Waals surface area contributed by atoms with Crippen LogP contribution in [0.5, 0.6) is 0 Å². The maximum Gasteiger partial charge on any atom is 1.00 e. The van der Waals surface area contributed by atoms with Gasteiger partial charge in [0.1, 0.15) is 0 Å². The fraction of sp³-hybridized carbons (Fsp3) is 0. The Labute approximate surface area is 223 Å². The van der Waals surface area contributed by atoms with E-state index in [1.165, 1.54) is 16.3 Å². The van der Waals surface area contributed by atoms with Crippen LogP contribution in [0, 0.1) is 0 Å². The molecule has 0 heterocycles. The Hall–Kier alpha value is 3.35. The van der Waals surface area contributed by atoms with Crippen molar-refractivity contribution >= 4 is 16.8 Å². The topological polar surface area (TPSA) is 0 Å². The third-order valence-electron chi connectivity index (χ3n) is 2.04. The molecule has 0 aromatic heterocycles. The molecule has 0 aliphatic carbocycles. The molecule has 0 N–H and O–H groups in total. The van der Waals surface area contributed by atoms with Crippen molar-refractivity contribution in [2.24, 2.45) is 0 Å². The van der Waals surface area contributed by atoms with Crippen molar-refractivity contribution in [1.29, 1.82) is 0 Å². The van der Waals surface area contributed by atoms with Crippen LogP contribution in [0.4, 0.5) is 0 Å². The smallest absolute Gasteiger partial charge is 1.00 e. The number of benzene rings is 2. The summed E-state index contributed by atoms with van der Waals surface area (Å²) >= 11 is 0. The largest absolute Gasteiger partial charge is 1.00 e. The summed E-state index contributed by atoms with van der Waals surface area (Å²) in [5.41, 5.74) is 1.20. The number of hydrogen-bond donors (Lipinski definition) is 0. The molecule has 0 amide bonds. The Morgan fingerprint density at radius 2 is 1.47 bits per heavy atom. The van der Waals surface area contributed by atoms with Crippen molar-refractivity contribution < 1.29 is 158 Å². The minimum Gasteiger partial charge on any atom is -1.00 e.